The van der Waals surface area contributed by atoms with E-state index in [0.29, 0.717) is 5.75 Å². The first-order chi connectivity index (χ1) is 13.6. The number of ether oxygens (including phenoxy) is 2. The zero-order valence-electron chi connectivity index (χ0n) is 16.3. The first kappa shape index (κ1) is 22.5. The number of carbonyl (C=O) groups excluding carboxylic acids is 2. The Hall–Kier alpha value is -2.78. The van der Waals surface area contributed by atoms with E-state index in [-0.39, 0.29) is 22.0 Å². The number of carbonyl (C=O) groups is 2. The number of methoxy groups -OCH3 is 2. The van der Waals surface area contributed by atoms with Crippen LogP contribution in [0.2, 0.25) is 5.02 Å². The van der Waals surface area contributed by atoms with Crippen LogP contribution >= 0.6 is 11.6 Å². The summed E-state index contributed by atoms with van der Waals surface area (Å²) >= 11 is 5.97. The predicted octanol–water partition coefficient (Wildman–Crippen LogP) is 2.93. The van der Waals surface area contributed by atoms with Gasteiger partial charge in [0.2, 0.25) is 15.9 Å². The highest BCUT2D eigenvalue weighted by Gasteiger charge is 2.29. The average Bonchev–Trinajstić information content (AvgIpc) is 2.67. The van der Waals surface area contributed by atoms with Crippen molar-refractivity contribution in [2.45, 2.75) is 13.0 Å². The third-order valence-corrected chi connectivity index (χ3v) is 5.61. The summed E-state index contributed by atoms with van der Waals surface area (Å²) in [6.07, 6.45) is 1.01. The monoisotopic (exact) mass is 440 g/mol. The Morgan fingerprint density at radius 1 is 1.14 bits per heavy atom. The molecule has 0 heterocycles. The Morgan fingerprint density at radius 2 is 1.83 bits per heavy atom. The van der Waals surface area contributed by atoms with Crippen LogP contribution in [0.25, 0.3) is 0 Å². The number of benzene rings is 2. The molecule has 1 atom stereocenters. The van der Waals surface area contributed by atoms with Crippen molar-refractivity contribution >= 4 is 44.9 Å². The van der Waals surface area contributed by atoms with E-state index in [4.69, 9.17) is 16.3 Å². The molecule has 0 unspecified atom stereocenters. The van der Waals surface area contributed by atoms with Crippen LogP contribution in [-0.2, 0) is 19.6 Å². The van der Waals surface area contributed by atoms with E-state index in [9.17, 15) is 18.0 Å². The second kappa shape index (κ2) is 9.15. The van der Waals surface area contributed by atoms with Gasteiger partial charge in [-0.15, -0.1) is 0 Å². The first-order valence-electron chi connectivity index (χ1n) is 8.40. The maximum absolute atomic E-state index is 12.8. The van der Waals surface area contributed by atoms with Gasteiger partial charge in [-0.1, -0.05) is 17.7 Å². The lowest BCUT2D eigenvalue weighted by Crippen LogP contribution is -2.45. The summed E-state index contributed by atoms with van der Waals surface area (Å²) in [7, 11) is -1.12. The number of anilines is 2. The number of rotatable bonds is 7. The molecule has 1 N–H and O–H groups in total. The molecule has 8 nitrogen and oxygen atoms in total. The molecule has 0 bridgehead atoms. The van der Waals surface area contributed by atoms with Gasteiger partial charge in [-0.05, 0) is 37.3 Å². The lowest BCUT2D eigenvalue weighted by Gasteiger charge is -2.28. The number of hydrogen-bond acceptors (Lipinski definition) is 6. The molecule has 0 spiro atoms. The Labute approximate surface area is 174 Å². The summed E-state index contributed by atoms with van der Waals surface area (Å²) in [5, 5.41) is 2.76. The summed E-state index contributed by atoms with van der Waals surface area (Å²) in [5.74, 6) is -0.811. The number of amides is 1. The lowest BCUT2D eigenvalue weighted by atomic mass is 10.2. The molecule has 0 saturated heterocycles. The molecule has 2 aromatic rings. The van der Waals surface area contributed by atoms with E-state index in [1.165, 1.54) is 45.4 Å². The molecular weight excluding hydrogens is 420 g/mol. The molecule has 0 aromatic heterocycles. The van der Waals surface area contributed by atoms with Gasteiger partial charge in [0, 0.05) is 11.8 Å². The number of hydrogen-bond donors (Lipinski definition) is 1. The molecule has 2 aromatic carbocycles. The van der Waals surface area contributed by atoms with Gasteiger partial charge in [0.1, 0.15) is 11.8 Å². The Kier molecular flexibility index (Phi) is 7.10. The third-order valence-electron chi connectivity index (χ3n) is 4.04. The summed E-state index contributed by atoms with van der Waals surface area (Å²) in [6.45, 7) is 1.45. The maximum Gasteiger partial charge on any atom is 0.339 e. The van der Waals surface area contributed by atoms with Crippen molar-refractivity contribution in [3.05, 3.63) is 53.1 Å². The normalized spacial score (nSPS) is 12.0. The van der Waals surface area contributed by atoms with E-state index in [0.717, 1.165) is 10.6 Å². The van der Waals surface area contributed by atoms with E-state index >= 15 is 0 Å². The van der Waals surface area contributed by atoms with E-state index in [1.807, 2.05) is 0 Å². The minimum absolute atomic E-state index is 0.0763. The lowest BCUT2D eigenvalue weighted by molar-refractivity contribution is -0.116. The van der Waals surface area contributed by atoms with E-state index < -0.39 is 27.9 Å². The summed E-state index contributed by atoms with van der Waals surface area (Å²) in [6, 6.07) is 9.56. The van der Waals surface area contributed by atoms with Crippen molar-refractivity contribution in [1.82, 2.24) is 0 Å². The van der Waals surface area contributed by atoms with Crippen molar-refractivity contribution in [2.75, 3.05) is 30.1 Å². The summed E-state index contributed by atoms with van der Waals surface area (Å²) in [5.41, 5.74) is 0.624. The second-order valence-electron chi connectivity index (χ2n) is 6.11. The van der Waals surface area contributed by atoms with Crippen LogP contribution in [0, 0.1) is 0 Å². The standard InChI is InChI=1S/C19H21ClN2O6S/c1-12(22(29(4,25)26)14-6-5-7-15(11-14)27-2)18(23)21-13-8-9-17(20)16(10-13)19(24)28-3/h5-12H,1-4H3,(H,21,23)/t12-/m0/s1. The Bertz CT molecular complexity index is 1030. The molecule has 2 rings (SSSR count). The number of nitrogens with zero attached hydrogens (tertiary/aromatic N) is 1. The summed E-state index contributed by atoms with van der Waals surface area (Å²) < 4.78 is 35.5. The highest BCUT2D eigenvalue weighted by Crippen LogP contribution is 2.26. The fraction of sp³-hybridized carbons (Fsp3) is 0.263. The molecule has 0 saturated carbocycles. The highest BCUT2D eigenvalue weighted by molar-refractivity contribution is 7.92. The predicted molar refractivity (Wildman–Crippen MR) is 111 cm³/mol. The number of sulfonamides is 1. The van der Waals surface area contributed by atoms with Gasteiger partial charge in [-0.3, -0.25) is 9.10 Å². The van der Waals surface area contributed by atoms with E-state index in [2.05, 4.69) is 10.1 Å². The molecule has 0 aliphatic heterocycles. The molecule has 1 amide bonds. The molecule has 0 aliphatic carbocycles. The molecule has 29 heavy (non-hydrogen) atoms. The molecular formula is C19H21ClN2O6S. The first-order valence-corrected chi connectivity index (χ1v) is 10.6. The maximum atomic E-state index is 12.8. The fourth-order valence-electron chi connectivity index (χ4n) is 2.67. The number of halogens is 1. The summed E-state index contributed by atoms with van der Waals surface area (Å²) in [4.78, 5) is 24.5. The van der Waals surface area contributed by atoms with Gasteiger partial charge < -0.3 is 14.8 Å². The molecule has 10 heteroatoms. The van der Waals surface area contributed by atoms with Gasteiger partial charge in [-0.2, -0.15) is 0 Å². The van der Waals surface area contributed by atoms with Gasteiger partial charge in [0.25, 0.3) is 0 Å². The van der Waals surface area contributed by atoms with Crippen molar-refractivity contribution < 1.29 is 27.5 Å². The largest absolute Gasteiger partial charge is 0.497 e. The van der Waals surface area contributed by atoms with Crippen molar-refractivity contribution in [3.63, 3.8) is 0 Å². The Morgan fingerprint density at radius 3 is 2.41 bits per heavy atom. The zero-order chi connectivity index (χ0) is 21.8. The van der Waals surface area contributed by atoms with Crippen LogP contribution in [0.15, 0.2) is 42.5 Å². The van der Waals surface area contributed by atoms with Gasteiger partial charge in [0.15, 0.2) is 0 Å². The van der Waals surface area contributed by atoms with Crippen molar-refractivity contribution in [3.8, 4) is 5.75 Å². The van der Waals surface area contributed by atoms with Crippen LogP contribution in [0.4, 0.5) is 11.4 Å². The quantitative estimate of drug-likeness (QED) is 0.664. The van der Waals surface area contributed by atoms with Crippen molar-refractivity contribution in [2.24, 2.45) is 0 Å². The number of esters is 1. The molecule has 0 fully saturated rings. The third kappa shape index (κ3) is 5.39. The van der Waals surface area contributed by atoms with Gasteiger partial charge in [-0.25, -0.2) is 13.2 Å². The number of nitrogens with one attached hydrogen (secondary N) is 1. The van der Waals surface area contributed by atoms with Gasteiger partial charge >= 0.3 is 5.97 Å². The average molecular weight is 441 g/mol. The van der Waals surface area contributed by atoms with Crippen LogP contribution < -0.4 is 14.4 Å². The topological polar surface area (TPSA) is 102 Å². The smallest absolute Gasteiger partial charge is 0.339 e. The fourth-order valence-corrected chi connectivity index (χ4v) is 4.03. The molecule has 0 radical (unpaired) electrons. The highest BCUT2D eigenvalue weighted by atomic mass is 35.5. The van der Waals surface area contributed by atoms with E-state index in [1.54, 1.807) is 18.2 Å². The Balaban J connectivity index is 2.34. The van der Waals surface area contributed by atoms with Crippen LogP contribution in [0.5, 0.6) is 5.75 Å². The second-order valence-corrected chi connectivity index (χ2v) is 8.38. The minimum atomic E-state index is -3.79. The van der Waals surface area contributed by atoms with Gasteiger partial charge in [0.05, 0.1) is 36.7 Å². The van der Waals surface area contributed by atoms with Crippen LogP contribution in [0.3, 0.4) is 0 Å². The van der Waals surface area contributed by atoms with Crippen molar-refractivity contribution in [1.29, 1.82) is 0 Å². The minimum Gasteiger partial charge on any atom is -0.497 e. The molecule has 156 valence electrons. The van der Waals surface area contributed by atoms with Crippen LogP contribution in [0.1, 0.15) is 17.3 Å². The zero-order valence-corrected chi connectivity index (χ0v) is 17.9. The molecule has 0 aliphatic rings. The SMILES string of the molecule is COC(=O)c1cc(NC(=O)[C@H](C)N(c2cccc(OC)c2)S(C)(=O)=O)ccc1Cl. The van der Waals surface area contributed by atoms with Crippen LogP contribution in [-0.4, -0.2) is 46.8 Å².